The quantitative estimate of drug-likeness (QED) is 0.806. The van der Waals surface area contributed by atoms with Crippen LogP contribution in [0.4, 0.5) is 5.82 Å². The van der Waals surface area contributed by atoms with E-state index < -0.39 is 10.0 Å². The molecule has 0 atom stereocenters. The minimum absolute atomic E-state index is 0.0510. The van der Waals surface area contributed by atoms with Gasteiger partial charge in [0.2, 0.25) is 10.0 Å². The van der Waals surface area contributed by atoms with E-state index in [1.165, 1.54) is 12.3 Å². The third-order valence-corrected chi connectivity index (χ3v) is 4.50. The Kier molecular flexibility index (Phi) is 5.31. The van der Waals surface area contributed by atoms with Gasteiger partial charge >= 0.3 is 0 Å². The first-order valence-electron chi connectivity index (χ1n) is 6.50. The van der Waals surface area contributed by atoms with Crippen LogP contribution >= 0.6 is 0 Å². The summed E-state index contributed by atoms with van der Waals surface area (Å²) in [6.07, 6.45) is 2.41. The molecule has 0 spiro atoms. The maximum absolute atomic E-state index is 12.2. The SMILES string of the molecule is CCNc1cc(S(=O)(=O)NCC(C)(C)CC)ccn1. The third kappa shape index (κ3) is 4.80. The van der Waals surface area contributed by atoms with Crippen LogP contribution in [-0.4, -0.2) is 26.5 Å². The minimum Gasteiger partial charge on any atom is -0.370 e. The molecule has 0 bridgehead atoms. The molecule has 0 saturated heterocycles. The summed E-state index contributed by atoms with van der Waals surface area (Å²) in [6.45, 7) is 9.17. The molecule has 6 heteroatoms. The summed E-state index contributed by atoms with van der Waals surface area (Å²) in [5.41, 5.74) is -0.0510. The summed E-state index contributed by atoms with van der Waals surface area (Å²) in [6, 6.07) is 3.05. The summed E-state index contributed by atoms with van der Waals surface area (Å²) >= 11 is 0. The Balaban J connectivity index is 2.85. The van der Waals surface area contributed by atoms with Crippen molar-refractivity contribution in [3.63, 3.8) is 0 Å². The van der Waals surface area contributed by atoms with Gasteiger partial charge in [0.05, 0.1) is 4.90 Å². The second-order valence-corrected chi connectivity index (χ2v) is 7.02. The fourth-order valence-corrected chi connectivity index (χ4v) is 2.61. The smallest absolute Gasteiger partial charge is 0.240 e. The molecule has 0 aliphatic rings. The van der Waals surface area contributed by atoms with Crippen LogP contribution in [0.25, 0.3) is 0 Å². The molecule has 1 aromatic rings. The van der Waals surface area contributed by atoms with Gasteiger partial charge in [-0.05, 0) is 24.8 Å². The molecular weight excluding hydrogens is 262 g/mol. The van der Waals surface area contributed by atoms with Crippen molar-refractivity contribution < 1.29 is 8.42 Å². The van der Waals surface area contributed by atoms with E-state index in [-0.39, 0.29) is 10.3 Å². The molecule has 0 radical (unpaired) electrons. The number of aromatic nitrogens is 1. The van der Waals surface area contributed by atoms with E-state index in [1.54, 1.807) is 6.07 Å². The highest BCUT2D eigenvalue weighted by Crippen LogP contribution is 2.19. The predicted molar refractivity (Wildman–Crippen MR) is 77.7 cm³/mol. The van der Waals surface area contributed by atoms with Crippen molar-refractivity contribution in [3.8, 4) is 0 Å². The van der Waals surface area contributed by atoms with Crippen LogP contribution in [0, 0.1) is 5.41 Å². The summed E-state index contributed by atoms with van der Waals surface area (Å²) in [7, 11) is -3.47. The number of nitrogens with one attached hydrogen (secondary N) is 2. The molecule has 0 unspecified atom stereocenters. The van der Waals surface area contributed by atoms with Gasteiger partial charge < -0.3 is 5.32 Å². The Hall–Kier alpha value is -1.14. The molecule has 0 fully saturated rings. The lowest BCUT2D eigenvalue weighted by atomic mass is 9.91. The normalized spacial score (nSPS) is 12.4. The van der Waals surface area contributed by atoms with Gasteiger partial charge in [-0.2, -0.15) is 0 Å². The number of nitrogens with zero attached hydrogens (tertiary/aromatic N) is 1. The van der Waals surface area contributed by atoms with Crippen molar-refractivity contribution in [2.24, 2.45) is 5.41 Å². The van der Waals surface area contributed by atoms with Gasteiger partial charge in [-0.3, -0.25) is 0 Å². The summed E-state index contributed by atoms with van der Waals surface area (Å²) in [4.78, 5) is 4.31. The van der Waals surface area contributed by atoms with E-state index in [2.05, 4.69) is 15.0 Å². The van der Waals surface area contributed by atoms with E-state index in [0.29, 0.717) is 18.9 Å². The van der Waals surface area contributed by atoms with Crippen LogP contribution in [0.15, 0.2) is 23.2 Å². The van der Waals surface area contributed by atoms with Crippen molar-refractivity contribution in [2.45, 2.75) is 39.0 Å². The van der Waals surface area contributed by atoms with Crippen LogP contribution in [0.5, 0.6) is 0 Å². The summed E-state index contributed by atoms with van der Waals surface area (Å²) in [5.74, 6) is 0.570. The lowest BCUT2D eigenvalue weighted by Gasteiger charge is -2.22. The molecule has 0 aromatic carbocycles. The zero-order valence-corrected chi connectivity index (χ0v) is 12.8. The van der Waals surface area contributed by atoms with Gasteiger partial charge in [0.15, 0.2) is 0 Å². The first-order chi connectivity index (χ1) is 8.80. The summed E-state index contributed by atoms with van der Waals surface area (Å²) in [5, 5.41) is 3.00. The zero-order chi connectivity index (χ0) is 14.5. The molecular formula is C13H23N3O2S. The van der Waals surface area contributed by atoms with Crippen molar-refractivity contribution >= 4 is 15.8 Å². The number of sulfonamides is 1. The predicted octanol–water partition coefficient (Wildman–Crippen LogP) is 2.23. The Morgan fingerprint density at radius 3 is 2.58 bits per heavy atom. The van der Waals surface area contributed by atoms with Crippen molar-refractivity contribution in [1.29, 1.82) is 0 Å². The van der Waals surface area contributed by atoms with Crippen LogP contribution in [-0.2, 0) is 10.0 Å². The maximum Gasteiger partial charge on any atom is 0.240 e. The Morgan fingerprint density at radius 2 is 2.00 bits per heavy atom. The largest absolute Gasteiger partial charge is 0.370 e. The standard InChI is InChI=1S/C13H23N3O2S/c1-5-13(3,4)10-16-19(17,18)11-7-8-15-12(9-11)14-6-2/h7-9,16H,5-6,10H2,1-4H3,(H,14,15). The van der Waals surface area contributed by atoms with Gasteiger partial charge in [0, 0.05) is 25.4 Å². The number of rotatable bonds is 7. The van der Waals surface area contributed by atoms with E-state index in [4.69, 9.17) is 0 Å². The first-order valence-corrected chi connectivity index (χ1v) is 7.98. The van der Waals surface area contributed by atoms with Gasteiger partial charge in [-0.1, -0.05) is 20.8 Å². The fourth-order valence-electron chi connectivity index (χ4n) is 1.35. The molecule has 0 aliphatic carbocycles. The van der Waals surface area contributed by atoms with E-state index in [9.17, 15) is 8.42 Å². The lowest BCUT2D eigenvalue weighted by Crippen LogP contribution is -2.33. The molecule has 0 aliphatic heterocycles. The number of pyridine rings is 1. The van der Waals surface area contributed by atoms with Gasteiger partial charge in [0.1, 0.15) is 5.82 Å². The fraction of sp³-hybridized carbons (Fsp3) is 0.615. The minimum atomic E-state index is -3.47. The highest BCUT2D eigenvalue weighted by atomic mass is 32.2. The molecule has 0 saturated carbocycles. The number of anilines is 1. The first kappa shape index (κ1) is 15.9. The highest BCUT2D eigenvalue weighted by Gasteiger charge is 2.21. The Labute approximate surface area is 115 Å². The Morgan fingerprint density at radius 1 is 1.32 bits per heavy atom. The third-order valence-electron chi connectivity index (χ3n) is 3.10. The summed E-state index contributed by atoms with van der Waals surface area (Å²) < 4.78 is 27.0. The highest BCUT2D eigenvalue weighted by molar-refractivity contribution is 7.89. The zero-order valence-electron chi connectivity index (χ0n) is 12.0. The second kappa shape index (κ2) is 6.34. The molecule has 0 amide bonds. The average Bonchev–Trinajstić information content (AvgIpc) is 2.38. The monoisotopic (exact) mass is 285 g/mol. The Bertz CT molecular complexity index is 512. The lowest BCUT2D eigenvalue weighted by molar-refractivity contribution is 0.350. The maximum atomic E-state index is 12.2. The van der Waals surface area contributed by atoms with E-state index in [1.807, 2.05) is 27.7 Å². The van der Waals surface area contributed by atoms with Crippen LogP contribution in [0.2, 0.25) is 0 Å². The molecule has 19 heavy (non-hydrogen) atoms. The van der Waals surface area contributed by atoms with E-state index >= 15 is 0 Å². The molecule has 1 heterocycles. The van der Waals surface area contributed by atoms with Gasteiger partial charge in [0.25, 0.3) is 0 Å². The van der Waals surface area contributed by atoms with Crippen LogP contribution in [0.3, 0.4) is 0 Å². The van der Waals surface area contributed by atoms with Gasteiger partial charge in [-0.25, -0.2) is 18.1 Å². The van der Waals surface area contributed by atoms with Crippen molar-refractivity contribution in [3.05, 3.63) is 18.3 Å². The molecule has 1 rings (SSSR count). The van der Waals surface area contributed by atoms with E-state index in [0.717, 1.165) is 6.42 Å². The number of hydrogen-bond acceptors (Lipinski definition) is 4. The van der Waals surface area contributed by atoms with Crippen molar-refractivity contribution in [2.75, 3.05) is 18.4 Å². The molecule has 5 nitrogen and oxygen atoms in total. The molecule has 2 N–H and O–H groups in total. The average molecular weight is 285 g/mol. The van der Waals surface area contributed by atoms with Crippen LogP contribution in [0.1, 0.15) is 34.1 Å². The van der Waals surface area contributed by atoms with Crippen LogP contribution < -0.4 is 10.0 Å². The second-order valence-electron chi connectivity index (χ2n) is 5.25. The van der Waals surface area contributed by atoms with Gasteiger partial charge in [-0.15, -0.1) is 0 Å². The molecule has 1 aromatic heterocycles. The molecule has 108 valence electrons. The number of hydrogen-bond donors (Lipinski definition) is 2. The topological polar surface area (TPSA) is 71.1 Å². The van der Waals surface area contributed by atoms with Crippen molar-refractivity contribution in [1.82, 2.24) is 9.71 Å².